The van der Waals surface area contributed by atoms with Crippen LogP contribution in [0.1, 0.15) is 11.1 Å². The summed E-state index contributed by atoms with van der Waals surface area (Å²) in [5.41, 5.74) is 4.11. The van der Waals surface area contributed by atoms with Crippen LogP contribution in [0.5, 0.6) is 0 Å². The lowest BCUT2D eigenvalue weighted by Gasteiger charge is -2.12. The summed E-state index contributed by atoms with van der Waals surface area (Å²) in [5.74, 6) is 0.480. The average Bonchev–Trinajstić information content (AvgIpc) is 3.04. The Kier molecular flexibility index (Phi) is 4.38. The van der Waals surface area contributed by atoms with E-state index in [1.165, 1.54) is 12.1 Å². The lowest BCUT2D eigenvalue weighted by Crippen LogP contribution is -2.07. The summed E-state index contributed by atoms with van der Waals surface area (Å²) >= 11 is 3.48. The normalized spacial score (nSPS) is 11.0. The standard InChI is InChI=1S/C19H15BrFN5/c1-12-4-5-14(21)7-15(12)17-8-18(23-10-13-3-2-6-22-9-13)26-19(25-17)16(20)11-24-26/h2-9,11,23H,10H2,1H3. The molecule has 0 atom stereocenters. The van der Waals surface area contributed by atoms with Crippen molar-refractivity contribution in [2.45, 2.75) is 13.5 Å². The smallest absolute Gasteiger partial charge is 0.172 e. The Morgan fingerprint density at radius 2 is 2.08 bits per heavy atom. The molecule has 0 aliphatic rings. The van der Waals surface area contributed by atoms with E-state index >= 15 is 0 Å². The van der Waals surface area contributed by atoms with Gasteiger partial charge in [0.05, 0.1) is 16.4 Å². The van der Waals surface area contributed by atoms with Crippen LogP contribution < -0.4 is 5.32 Å². The fourth-order valence-electron chi connectivity index (χ4n) is 2.77. The van der Waals surface area contributed by atoms with E-state index in [0.29, 0.717) is 17.9 Å². The number of aryl methyl sites for hydroxylation is 1. The molecule has 4 rings (SSSR count). The predicted molar refractivity (Wildman–Crippen MR) is 102 cm³/mol. The molecule has 0 saturated carbocycles. The molecule has 1 N–H and O–H groups in total. The van der Waals surface area contributed by atoms with Gasteiger partial charge in [-0.25, -0.2) is 9.37 Å². The van der Waals surface area contributed by atoms with E-state index in [9.17, 15) is 4.39 Å². The van der Waals surface area contributed by atoms with Gasteiger partial charge in [0.15, 0.2) is 5.65 Å². The van der Waals surface area contributed by atoms with Crippen molar-refractivity contribution in [1.29, 1.82) is 0 Å². The maximum atomic E-state index is 13.8. The van der Waals surface area contributed by atoms with Crippen LogP contribution >= 0.6 is 15.9 Å². The van der Waals surface area contributed by atoms with Crippen LogP contribution in [0.25, 0.3) is 16.9 Å². The van der Waals surface area contributed by atoms with Gasteiger partial charge in [-0.15, -0.1) is 0 Å². The highest BCUT2D eigenvalue weighted by Gasteiger charge is 2.13. The maximum Gasteiger partial charge on any atom is 0.172 e. The molecule has 0 spiro atoms. The Balaban J connectivity index is 1.80. The molecule has 0 aliphatic heterocycles. The van der Waals surface area contributed by atoms with Crippen molar-refractivity contribution in [2.24, 2.45) is 0 Å². The van der Waals surface area contributed by atoms with Crippen molar-refractivity contribution in [3.05, 3.63) is 76.4 Å². The monoisotopic (exact) mass is 411 g/mol. The fraction of sp³-hybridized carbons (Fsp3) is 0.105. The number of fused-ring (bicyclic) bond motifs is 1. The number of anilines is 1. The van der Waals surface area contributed by atoms with Gasteiger partial charge in [-0.1, -0.05) is 12.1 Å². The second-order valence-corrected chi connectivity index (χ2v) is 6.78. The van der Waals surface area contributed by atoms with E-state index in [4.69, 9.17) is 0 Å². The highest BCUT2D eigenvalue weighted by Crippen LogP contribution is 2.28. The summed E-state index contributed by atoms with van der Waals surface area (Å²) in [4.78, 5) is 8.78. The van der Waals surface area contributed by atoms with Gasteiger partial charge in [-0.3, -0.25) is 4.98 Å². The molecule has 0 saturated heterocycles. The second kappa shape index (κ2) is 6.84. The second-order valence-electron chi connectivity index (χ2n) is 5.93. The molecule has 0 fully saturated rings. The highest BCUT2D eigenvalue weighted by molar-refractivity contribution is 9.10. The van der Waals surface area contributed by atoms with E-state index < -0.39 is 0 Å². The Hall–Kier alpha value is -2.80. The van der Waals surface area contributed by atoms with Gasteiger partial charge in [0.1, 0.15) is 11.6 Å². The molecule has 7 heteroatoms. The Labute approximate surface area is 158 Å². The van der Waals surface area contributed by atoms with Crippen LogP contribution in [0.4, 0.5) is 10.2 Å². The zero-order valence-electron chi connectivity index (χ0n) is 13.9. The molecule has 5 nitrogen and oxygen atoms in total. The van der Waals surface area contributed by atoms with Crippen LogP contribution in [0.2, 0.25) is 0 Å². The van der Waals surface area contributed by atoms with Crippen LogP contribution in [-0.2, 0) is 6.54 Å². The molecular formula is C19H15BrFN5. The van der Waals surface area contributed by atoms with Gasteiger partial charge in [0.25, 0.3) is 0 Å². The first kappa shape index (κ1) is 16.7. The average molecular weight is 412 g/mol. The topological polar surface area (TPSA) is 55.1 Å². The third-order valence-corrected chi connectivity index (χ3v) is 4.66. The number of halogens is 2. The largest absolute Gasteiger partial charge is 0.366 e. The highest BCUT2D eigenvalue weighted by atomic mass is 79.9. The first-order valence-electron chi connectivity index (χ1n) is 8.05. The SMILES string of the molecule is Cc1ccc(F)cc1-c1cc(NCc2cccnc2)n2ncc(Br)c2n1. The Bertz CT molecular complexity index is 1080. The summed E-state index contributed by atoms with van der Waals surface area (Å²) in [5, 5.41) is 7.73. The Morgan fingerprint density at radius 1 is 1.19 bits per heavy atom. The maximum absolute atomic E-state index is 13.8. The van der Waals surface area contributed by atoms with Gasteiger partial charge in [-0.2, -0.15) is 9.61 Å². The number of aromatic nitrogens is 4. The third kappa shape index (κ3) is 3.17. The number of pyridine rings is 1. The molecule has 0 radical (unpaired) electrons. The third-order valence-electron chi connectivity index (χ3n) is 4.10. The van der Waals surface area contributed by atoms with Crippen molar-refractivity contribution in [3.8, 4) is 11.3 Å². The molecular weight excluding hydrogens is 397 g/mol. The van der Waals surface area contributed by atoms with Crippen molar-refractivity contribution in [3.63, 3.8) is 0 Å². The summed E-state index contributed by atoms with van der Waals surface area (Å²) in [6.07, 6.45) is 5.24. The van der Waals surface area contributed by atoms with Gasteiger partial charge in [0, 0.05) is 30.6 Å². The zero-order chi connectivity index (χ0) is 18.1. The molecule has 0 amide bonds. The van der Waals surface area contributed by atoms with E-state index in [0.717, 1.165) is 27.0 Å². The lowest BCUT2D eigenvalue weighted by molar-refractivity contribution is 0.628. The zero-order valence-corrected chi connectivity index (χ0v) is 15.5. The van der Waals surface area contributed by atoms with Gasteiger partial charge >= 0.3 is 0 Å². The molecule has 26 heavy (non-hydrogen) atoms. The number of nitrogens with zero attached hydrogens (tertiary/aromatic N) is 4. The van der Waals surface area contributed by atoms with Crippen LogP contribution in [0.15, 0.2) is 59.5 Å². The number of rotatable bonds is 4. The Morgan fingerprint density at radius 3 is 2.88 bits per heavy atom. The predicted octanol–water partition coefficient (Wildman–Crippen LogP) is 4.61. The lowest BCUT2D eigenvalue weighted by atomic mass is 10.1. The minimum atomic E-state index is -0.287. The molecule has 130 valence electrons. The van der Waals surface area contributed by atoms with Crippen LogP contribution in [0, 0.1) is 12.7 Å². The van der Waals surface area contributed by atoms with Crippen molar-refractivity contribution in [2.75, 3.05) is 5.32 Å². The molecule has 1 aromatic carbocycles. The minimum Gasteiger partial charge on any atom is -0.366 e. The van der Waals surface area contributed by atoms with E-state index in [2.05, 4.69) is 36.3 Å². The molecule has 0 bridgehead atoms. The summed E-state index contributed by atoms with van der Waals surface area (Å²) in [6, 6.07) is 10.5. The number of benzene rings is 1. The summed E-state index contributed by atoms with van der Waals surface area (Å²) < 4.78 is 16.3. The summed E-state index contributed by atoms with van der Waals surface area (Å²) in [6.45, 7) is 2.53. The van der Waals surface area contributed by atoms with Crippen molar-refractivity contribution >= 4 is 27.4 Å². The molecule has 0 unspecified atom stereocenters. The van der Waals surface area contributed by atoms with E-state index in [1.807, 2.05) is 31.3 Å². The number of hydrogen-bond donors (Lipinski definition) is 1. The number of nitrogens with one attached hydrogen (secondary N) is 1. The van der Waals surface area contributed by atoms with E-state index in [-0.39, 0.29) is 5.82 Å². The first-order chi connectivity index (χ1) is 12.6. The molecule has 0 aliphatic carbocycles. The van der Waals surface area contributed by atoms with E-state index in [1.54, 1.807) is 23.0 Å². The van der Waals surface area contributed by atoms with Crippen molar-refractivity contribution < 1.29 is 4.39 Å². The van der Waals surface area contributed by atoms with Gasteiger partial charge in [0.2, 0.25) is 0 Å². The van der Waals surface area contributed by atoms with Gasteiger partial charge in [-0.05, 0) is 52.2 Å². The molecule has 4 aromatic rings. The van der Waals surface area contributed by atoms with Crippen LogP contribution in [-0.4, -0.2) is 19.6 Å². The quantitative estimate of drug-likeness (QED) is 0.532. The molecule has 3 heterocycles. The minimum absolute atomic E-state index is 0.287. The number of hydrogen-bond acceptors (Lipinski definition) is 4. The van der Waals surface area contributed by atoms with Crippen LogP contribution in [0.3, 0.4) is 0 Å². The van der Waals surface area contributed by atoms with Gasteiger partial charge < -0.3 is 5.32 Å². The fourth-order valence-corrected chi connectivity index (χ4v) is 3.11. The molecule has 3 aromatic heterocycles. The van der Waals surface area contributed by atoms with Crippen molar-refractivity contribution in [1.82, 2.24) is 19.6 Å². The first-order valence-corrected chi connectivity index (χ1v) is 8.85. The summed E-state index contributed by atoms with van der Waals surface area (Å²) in [7, 11) is 0.